The van der Waals surface area contributed by atoms with Crippen molar-refractivity contribution < 1.29 is 0 Å². The zero-order valence-electron chi connectivity index (χ0n) is 11.1. The summed E-state index contributed by atoms with van der Waals surface area (Å²) in [6, 6.07) is 0.604. The van der Waals surface area contributed by atoms with Crippen molar-refractivity contribution in [1.29, 1.82) is 0 Å². The molecule has 17 heavy (non-hydrogen) atoms. The molecule has 2 heterocycles. The number of hydrogen-bond acceptors (Lipinski definition) is 4. The van der Waals surface area contributed by atoms with Gasteiger partial charge >= 0.3 is 0 Å². The molecule has 4 heteroatoms. The number of likely N-dealkylation sites (tertiary alicyclic amines) is 1. The SMILES string of the molecule is Cc1ncsc1CN1CCC(CNC(C)C)C1. The van der Waals surface area contributed by atoms with Gasteiger partial charge in [-0.3, -0.25) is 4.90 Å². The number of nitrogens with one attached hydrogen (secondary N) is 1. The van der Waals surface area contributed by atoms with Gasteiger partial charge in [-0.05, 0) is 32.4 Å². The number of rotatable bonds is 5. The van der Waals surface area contributed by atoms with E-state index in [1.165, 1.54) is 30.1 Å². The van der Waals surface area contributed by atoms with Crippen LogP contribution < -0.4 is 5.32 Å². The monoisotopic (exact) mass is 253 g/mol. The standard InChI is InChI=1S/C13H23N3S/c1-10(2)14-6-12-4-5-16(7-12)8-13-11(3)15-9-17-13/h9-10,12,14H,4-8H2,1-3H3. The molecule has 1 fully saturated rings. The van der Waals surface area contributed by atoms with Gasteiger partial charge in [-0.15, -0.1) is 11.3 Å². The summed E-state index contributed by atoms with van der Waals surface area (Å²) in [4.78, 5) is 8.31. The minimum absolute atomic E-state index is 0.604. The third-order valence-electron chi connectivity index (χ3n) is 3.40. The summed E-state index contributed by atoms with van der Waals surface area (Å²) in [5.41, 5.74) is 3.16. The lowest BCUT2D eigenvalue weighted by atomic mass is 10.1. The van der Waals surface area contributed by atoms with Crippen LogP contribution in [-0.2, 0) is 6.54 Å². The Kier molecular flexibility index (Phi) is 4.54. The van der Waals surface area contributed by atoms with Crippen molar-refractivity contribution in [3.8, 4) is 0 Å². The van der Waals surface area contributed by atoms with Gasteiger partial charge in [0.15, 0.2) is 0 Å². The molecular formula is C13H23N3S. The molecule has 0 bridgehead atoms. The molecule has 3 nitrogen and oxygen atoms in total. The highest BCUT2D eigenvalue weighted by molar-refractivity contribution is 7.09. The zero-order chi connectivity index (χ0) is 12.3. The van der Waals surface area contributed by atoms with Crippen LogP contribution in [0, 0.1) is 12.8 Å². The summed E-state index contributed by atoms with van der Waals surface area (Å²) in [5, 5.41) is 3.54. The lowest BCUT2D eigenvalue weighted by Crippen LogP contribution is -2.30. The smallest absolute Gasteiger partial charge is 0.0798 e. The summed E-state index contributed by atoms with van der Waals surface area (Å²) in [5.74, 6) is 0.825. The van der Waals surface area contributed by atoms with Crippen LogP contribution in [0.1, 0.15) is 30.8 Å². The molecule has 2 rings (SSSR count). The minimum Gasteiger partial charge on any atom is -0.314 e. The van der Waals surface area contributed by atoms with Crippen molar-refractivity contribution in [2.24, 2.45) is 5.92 Å². The molecule has 1 saturated heterocycles. The van der Waals surface area contributed by atoms with Gasteiger partial charge in [0, 0.05) is 24.0 Å². The van der Waals surface area contributed by atoms with E-state index in [-0.39, 0.29) is 0 Å². The quantitative estimate of drug-likeness (QED) is 0.872. The maximum absolute atomic E-state index is 4.32. The molecule has 0 spiro atoms. The molecule has 96 valence electrons. The Morgan fingerprint density at radius 3 is 3.06 bits per heavy atom. The Hall–Kier alpha value is -0.450. The summed E-state index contributed by atoms with van der Waals surface area (Å²) in [6.45, 7) is 11.3. The van der Waals surface area contributed by atoms with Crippen LogP contribution in [-0.4, -0.2) is 35.6 Å². The van der Waals surface area contributed by atoms with Crippen molar-refractivity contribution in [3.05, 3.63) is 16.1 Å². The Morgan fingerprint density at radius 2 is 2.41 bits per heavy atom. The number of nitrogens with zero attached hydrogens (tertiary/aromatic N) is 2. The first-order chi connectivity index (χ1) is 8.15. The molecule has 1 aromatic heterocycles. The Labute approximate surface area is 108 Å². The molecule has 1 aromatic rings. The molecule has 1 atom stereocenters. The molecule has 1 aliphatic heterocycles. The van der Waals surface area contributed by atoms with E-state index in [0.717, 1.165) is 19.0 Å². The third kappa shape index (κ3) is 3.76. The summed E-state index contributed by atoms with van der Waals surface area (Å²) in [6.07, 6.45) is 1.33. The maximum Gasteiger partial charge on any atom is 0.0798 e. The second-order valence-corrected chi connectivity index (χ2v) is 6.25. The van der Waals surface area contributed by atoms with Crippen LogP contribution in [0.5, 0.6) is 0 Å². The van der Waals surface area contributed by atoms with Crippen molar-refractivity contribution in [2.45, 2.75) is 39.8 Å². The molecule has 0 saturated carbocycles. The molecule has 1 aliphatic rings. The van der Waals surface area contributed by atoms with Gasteiger partial charge in [-0.1, -0.05) is 13.8 Å². The number of aromatic nitrogens is 1. The van der Waals surface area contributed by atoms with Gasteiger partial charge in [0.1, 0.15) is 0 Å². The molecule has 0 radical (unpaired) electrons. The molecule has 1 unspecified atom stereocenters. The van der Waals surface area contributed by atoms with Crippen molar-refractivity contribution in [2.75, 3.05) is 19.6 Å². The second-order valence-electron chi connectivity index (χ2n) is 5.31. The maximum atomic E-state index is 4.32. The average molecular weight is 253 g/mol. The van der Waals surface area contributed by atoms with Gasteiger partial charge in [0.05, 0.1) is 11.2 Å². The first-order valence-electron chi connectivity index (χ1n) is 6.50. The van der Waals surface area contributed by atoms with Crippen LogP contribution in [0.15, 0.2) is 5.51 Å². The van der Waals surface area contributed by atoms with Gasteiger partial charge in [-0.25, -0.2) is 4.98 Å². The molecule has 0 amide bonds. The van der Waals surface area contributed by atoms with E-state index in [1.807, 2.05) is 5.51 Å². The number of aryl methyl sites for hydroxylation is 1. The van der Waals surface area contributed by atoms with E-state index in [2.05, 4.69) is 36.0 Å². The van der Waals surface area contributed by atoms with Crippen LogP contribution in [0.25, 0.3) is 0 Å². The van der Waals surface area contributed by atoms with Gasteiger partial charge in [0.2, 0.25) is 0 Å². The molecule has 0 aromatic carbocycles. The first kappa shape index (κ1) is 13.0. The van der Waals surface area contributed by atoms with Gasteiger partial charge in [-0.2, -0.15) is 0 Å². The Bertz CT molecular complexity index is 348. The predicted molar refractivity (Wildman–Crippen MR) is 73.4 cm³/mol. The Balaban J connectivity index is 1.76. The van der Waals surface area contributed by atoms with E-state index < -0.39 is 0 Å². The molecule has 1 N–H and O–H groups in total. The highest BCUT2D eigenvalue weighted by Crippen LogP contribution is 2.21. The summed E-state index contributed by atoms with van der Waals surface area (Å²) >= 11 is 1.79. The fourth-order valence-corrected chi connectivity index (χ4v) is 3.12. The van der Waals surface area contributed by atoms with Crippen molar-refractivity contribution >= 4 is 11.3 Å². The van der Waals surface area contributed by atoms with Crippen LogP contribution in [0.4, 0.5) is 0 Å². The van der Waals surface area contributed by atoms with E-state index >= 15 is 0 Å². The summed E-state index contributed by atoms with van der Waals surface area (Å²) in [7, 11) is 0. The normalized spacial score (nSPS) is 21.5. The second kappa shape index (κ2) is 5.94. The minimum atomic E-state index is 0.604. The third-order valence-corrected chi connectivity index (χ3v) is 4.32. The van der Waals surface area contributed by atoms with Gasteiger partial charge in [0.25, 0.3) is 0 Å². The van der Waals surface area contributed by atoms with E-state index in [4.69, 9.17) is 0 Å². The zero-order valence-corrected chi connectivity index (χ0v) is 11.9. The summed E-state index contributed by atoms with van der Waals surface area (Å²) < 4.78 is 0. The lowest BCUT2D eigenvalue weighted by Gasteiger charge is -2.16. The van der Waals surface area contributed by atoms with Crippen LogP contribution >= 0.6 is 11.3 Å². The van der Waals surface area contributed by atoms with Crippen LogP contribution in [0.3, 0.4) is 0 Å². The number of hydrogen-bond donors (Lipinski definition) is 1. The molecule has 0 aliphatic carbocycles. The van der Waals surface area contributed by atoms with Crippen molar-refractivity contribution in [3.63, 3.8) is 0 Å². The van der Waals surface area contributed by atoms with Gasteiger partial charge < -0.3 is 5.32 Å². The average Bonchev–Trinajstić information content (AvgIpc) is 2.87. The van der Waals surface area contributed by atoms with E-state index in [0.29, 0.717) is 6.04 Å². The highest BCUT2D eigenvalue weighted by Gasteiger charge is 2.23. The fourth-order valence-electron chi connectivity index (χ4n) is 2.31. The Morgan fingerprint density at radius 1 is 1.59 bits per heavy atom. The first-order valence-corrected chi connectivity index (χ1v) is 7.38. The fraction of sp³-hybridized carbons (Fsp3) is 0.769. The largest absolute Gasteiger partial charge is 0.314 e. The van der Waals surface area contributed by atoms with Crippen molar-refractivity contribution in [1.82, 2.24) is 15.2 Å². The number of thiazole rings is 1. The highest BCUT2D eigenvalue weighted by atomic mass is 32.1. The van der Waals surface area contributed by atoms with E-state index in [9.17, 15) is 0 Å². The lowest BCUT2D eigenvalue weighted by molar-refractivity contribution is 0.314. The molecular weight excluding hydrogens is 230 g/mol. The topological polar surface area (TPSA) is 28.2 Å². The van der Waals surface area contributed by atoms with E-state index in [1.54, 1.807) is 11.3 Å². The predicted octanol–water partition coefficient (Wildman–Crippen LogP) is 2.27. The van der Waals surface area contributed by atoms with Crippen LogP contribution in [0.2, 0.25) is 0 Å².